The second-order valence-electron chi connectivity index (χ2n) is 12.9. The number of hydrogen-bond acceptors (Lipinski definition) is 5. The number of likely N-dealkylation sites (tertiary alicyclic amines) is 1. The second-order valence-corrected chi connectivity index (χ2v) is 17.6. The molecule has 4 aliphatic rings. The molecule has 6 rings (SSSR count). The van der Waals surface area contributed by atoms with Gasteiger partial charge in [-0.25, -0.2) is 0 Å². The van der Waals surface area contributed by atoms with Crippen molar-refractivity contribution in [1.29, 1.82) is 0 Å². The number of aliphatic hydroxyl groups is 1. The molecule has 11 heteroatoms. The van der Waals surface area contributed by atoms with E-state index in [-0.39, 0.29) is 43.3 Å². The zero-order chi connectivity index (χ0) is 30.7. The number of hydrogen-bond donors (Lipinski definition) is 1. The standard InChI is InChI=1S/C32H39BrFN3O5Si/c1-20-30(43(2,3)34)27(17-29(40)36-13-5-9-24(36)19-38)42-32(20)25-16-22(33)11-12-26(25)37(31(32)41)18-21-7-4-8-23(15-21)35-14-6-10-28(35)39/h4,7-8,11-12,15-16,20,24,27,30,38H,5-6,9-10,13-14,17-19H2,1-3H3/t20-,24+,27+,30-,32+/m1/s1. The Morgan fingerprint density at radius 2 is 1.95 bits per heavy atom. The lowest BCUT2D eigenvalue weighted by molar-refractivity contribution is -0.150. The van der Waals surface area contributed by atoms with Crippen LogP contribution in [0.4, 0.5) is 15.5 Å². The van der Waals surface area contributed by atoms with E-state index in [1.165, 1.54) is 0 Å². The van der Waals surface area contributed by atoms with Gasteiger partial charge in [0.15, 0.2) is 5.60 Å². The van der Waals surface area contributed by atoms with Gasteiger partial charge in [-0.15, -0.1) is 0 Å². The average molecular weight is 673 g/mol. The van der Waals surface area contributed by atoms with E-state index >= 15 is 4.11 Å². The number of carbonyl (C=O) groups excluding carboxylic acids is 3. The highest BCUT2D eigenvalue weighted by Gasteiger charge is 2.67. The number of carbonyl (C=O) groups is 3. The minimum absolute atomic E-state index is 0.0316. The SMILES string of the molecule is C[C@@H]1[C@@H]([Si](C)(C)F)[C@H](CC(=O)N2CCC[C@H]2CO)O[C@@]12C(=O)N(Cc1cccc(N3CCCC3=O)c1)c1ccc(Br)cc12. The molecule has 4 aliphatic heterocycles. The number of benzene rings is 2. The van der Waals surface area contributed by atoms with Crippen LogP contribution in [0.25, 0.3) is 0 Å². The van der Waals surface area contributed by atoms with Crippen LogP contribution >= 0.6 is 15.9 Å². The number of aliphatic hydroxyl groups excluding tert-OH is 1. The zero-order valence-electron chi connectivity index (χ0n) is 24.9. The summed E-state index contributed by atoms with van der Waals surface area (Å²) in [6.45, 7) is 6.54. The summed E-state index contributed by atoms with van der Waals surface area (Å²) < 4.78 is 23.7. The molecule has 230 valence electrons. The molecule has 0 aromatic heterocycles. The summed E-state index contributed by atoms with van der Waals surface area (Å²) in [6.07, 6.45) is 2.11. The van der Waals surface area contributed by atoms with Crippen LogP contribution in [0.2, 0.25) is 18.6 Å². The Kier molecular flexibility index (Phi) is 8.06. The van der Waals surface area contributed by atoms with Crippen molar-refractivity contribution in [3.05, 3.63) is 58.1 Å². The monoisotopic (exact) mass is 671 g/mol. The highest BCUT2D eigenvalue weighted by atomic mass is 79.9. The van der Waals surface area contributed by atoms with Crippen LogP contribution in [0.5, 0.6) is 0 Å². The fraction of sp³-hybridized carbons (Fsp3) is 0.531. The van der Waals surface area contributed by atoms with Crippen LogP contribution in [0.3, 0.4) is 0 Å². The van der Waals surface area contributed by atoms with E-state index < -0.39 is 31.6 Å². The van der Waals surface area contributed by atoms with Crippen molar-refractivity contribution in [3.63, 3.8) is 0 Å². The summed E-state index contributed by atoms with van der Waals surface area (Å²) in [5, 5.41) is 9.80. The van der Waals surface area contributed by atoms with Crippen LogP contribution in [-0.4, -0.2) is 68.0 Å². The van der Waals surface area contributed by atoms with E-state index in [0.717, 1.165) is 35.0 Å². The van der Waals surface area contributed by atoms with Gasteiger partial charge in [0.2, 0.25) is 20.2 Å². The number of nitrogens with zero attached hydrogens (tertiary/aromatic N) is 3. The van der Waals surface area contributed by atoms with Gasteiger partial charge >= 0.3 is 0 Å². The van der Waals surface area contributed by atoms with Crippen LogP contribution < -0.4 is 9.80 Å². The lowest BCUT2D eigenvalue weighted by Crippen LogP contribution is -2.45. The van der Waals surface area contributed by atoms with Crippen molar-refractivity contribution in [2.45, 2.75) is 82.0 Å². The molecule has 3 fully saturated rings. The number of amides is 3. The summed E-state index contributed by atoms with van der Waals surface area (Å²) >= 11 is 3.57. The van der Waals surface area contributed by atoms with Gasteiger partial charge < -0.3 is 28.7 Å². The number of halogens is 2. The summed E-state index contributed by atoms with van der Waals surface area (Å²) in [4.78, 5) is 45.7. The predicted octanol–water partition coefficient (Wildman–Crippen LogP) is 5.27. The van der Waals surface area contributed by atoms with E-state index in [9.17, 15) is 19.5 Å². The molecular formula is C32H39BrFN3O5Si. The molecule has 2 aromatic rings. The molecule has 0 saturated carbocycles. The van der Waals surface area contributed by atoms with Gasteiger partial charge in [0.1, 0.15) is 0 Å². The maximum atomic E-state index is 16.2. The van der Waals surface area contributed by atoms with Crippen molar-refractivity contribution < 1.29 is 28.3 Å². The average Bonchev–Trinajstić information content (AvgIpc) is 3.72. The molecule has 0 radical (unpaired) electrons. The Balaban J connectivity index is 1.35. The molecule has 3 saturated heterocycles. The molecule has 3 amide bonds. The van der Waals surface area contributed by atoms with Crippen LogP contribution in [0, 0.1) is 5.92 Å². The summed E-state index contributed by atoms with van der Waals surface area (Å²) in [7, 11) is -3.43. The van der Waals surface area contributed by atoms with Crippen LogP contribution in [-0.2, 0) is 31.3 Å². The minimum atomic E-state index is -3.43. The Morgan fingerprint density at radius 3 is 2.65 bits per heavy atom. The molecule has 5 atom stereocenters. The molecule has 0 unspecified atom stereocenters. The molecule has 4 heterocycles. The van der Waals surface area contributed by atoms with E-state index in [1.807, 2.05) is 49.4 Å². The Morgan fingerprint density at radius 1 is 1.16 bits per heavy atom. The van der Waals surface area contributed by atoms with Gasteiger partial charge in [0.05, 0.1) is 37.4 Å². The van der Waals surface area contributed by atoms with Gasteiger partial charge in [0, 0.05) is 46.7 Å². The molecule has 43 heavy (non-hydrogen) atoms. The van der Waals surface area contributed by atoms with Gasteiger partial charge in [-0.1, -0.05) is 35.0 Å². The molecule has 1 spiro atoms. The summed E-state index contributed by atoms with van der Waals surface area (Å²) in [6, 6.07) is 13.1. The molecular weight excluding hydrogens is 633 g/mol. The zero-order valence-corrected chi connectivity index (χ0v) is 27.5. The number of anilines is 2. The maximum Gasteiger partial charge on any atom is 0.264 e. The third-order valence-electron chi connectivity index (χ3n) is 9.84. The van der Waals surface area contributed by atoms with Crippen LogP contribution in [0.1, 0.15) is 50.2 Å². The quantitative estimate of drug-likeness (QED) is 0.320. The smallest absolute Gasteiger partial charge is 0.264 e. The highest BCUT2D eigenvalue weighted by molar-refractivity contribution is 9.10. The highest BCUT2D eigenvalue weighted by Crippen LogP contribution is 2.60. The number of rotatable bonds is 7. The van der Waals surface area contributed by atoms with Gasteiger partial charge in [0.25, 0.3) is 5.91 Å². The van der Waals surface area contributed by atoms with Crippen LogP contribution in [0.15, 0.2) is 46.9 Å². The minimum Gasteiger partial charge on any atom is -0.394 e. The van der Waals surface area contributed by atoms with E-state index in [4.69, 9.17) is 4.74 Å². The molecule has 0 aliphatic carbocycles. The first kappa shape index (κ1) is 30.4. The largest absolute Gasteiger partial charge is 0.394 e. The molecule has 1 N–H and O–H groups in total. The number of ether oxygens (including phenoxy) is 1. The lowest BCUT2D eigenvalue weighted by atomic mass is 9.82. The normalized spacial score (nSPS) is 28.9. The first-order valence-corrected chi connectivity index (χ1v) is 19.0. The number of fused-ring (bicyclic) bond motifs is 2. The summed E-state index contributed by atoms with van der Waals surface area (Å²) in [5.41, 5.74) is 1.04. The van der Waals surface area contributed by atoms with E-state index in [2.05, 4.69) is 15.9 Å². The van der Waals surface area contributed by atoms with Crippen molar-refractivity contribution in [3.8, 4) is 0 Å². The maximum absolute atomic E-state index is 16.2. The first-order chi connectivity index (χ1) is 20.5. The van der Waals surface area contributed by atoms with Gasteiger partial charge in [-0.3, -0.25) is 14.4 Å². The molecule has 0 bridgehead atoms. The van der Waals surface area contributed by atoms with E-state index in [1.54, 1.807) is 27.8 Å². The van der Waals surface area contributed by atoms with Gasteiger partial charge in [-0.2, -0.15) is 0 Å². The third-order valence-corrected chi connectivity index (χ3v) is 12.8. The predicted molar refractivity (Wildman–Crippen MR) is 168 cm³/mol. The molecule has 2 aromatic carbocycles. The van der Waals surface area contributed by atoms with Crippen molar-refractivity contribution in [2.24, 2.45) is 5.92 Å². The topological polar surface area (TPSA) is 90.4 Å². The molecule has 8 nitrogen and oxygen atoms in total. The van der Waals surface area contributed by atoms with E-state index in [0.29, 0.717) is 30.8 Å². The Hall–Kier alpha value is -2.60. The van der Waals surface area contributed by atoms with Gasteiger partial charge in [-0.05, 0) is 68.3 Å². The van der Waals surface area contributed by atoms with Crippen molar-refractivity contribution >= 4 is 53.4 Å². The fourth-order valence-corrected chi connectivity index (χ4v) is 10.8. The fourth-order valence-electron chi connectivity index (χ4n) is 7.95. The van der Waals surface area contributed by atoms with Crippen molar-refractivity contribution in [1.82, 2.24) is 4.90 Å². The Labute approximate surface area is 261 Å². The summed E-state index contributed by atoms with van der Waals surface area (Å²) in [5.74, 6) is -0.841. The second kappa shape index (κ2) is 11.4. The Bertz CT molecular complexity index is 1450. The first-order valence-electron chi connectivity index (χ1n) is 15.2. The lowest BCUT2D eigenvalue weighted by Gasteiger charge is -2.31. The van der Waals surface area contributed by atoms with Crippen molar-refractivity contribution in [2.75, 3.05) is 29.5 Å². The third kappa shape index (κ3) is 5.15.